The van der Waals surface area contributed by atoms with Crippen molar-refractivity contribution in [3.8, 4) is 28.3 Å². The molecule has 4 rings (SSSR count). The number of rotatable bonds is 8. The summed E-state index contributed by atoms with van der Waals surface area (Å²) >= 11 is 0. The number of benzene rings is 3. The van der Waals surface area contributed by atoms with Gasteiger partial charge < -0.3 is 19.6 Å². The molecule has 4 aromatic rings. The molecule has 0 radical (unpaired) electrons. The predicted octanol–water partition coefficient (Wildman–Crippen LogP) is 5.89. The van der Waals surface area contributed by atoms with Gasteiger partial charge in [-0.1, -0.05) is 12.1 Å². The molecule has 0 aliphatic heterocycles. The molecule has 6 nitrogen and oxygen atoms in total. The Bertz CT molecular complexity index is 1380. The van der Waals surface area contributed by atoms with Crippen molar-refractivity contribution in [2.24, 2.45) is 0 Å². The second kappa shape index (κ2) is 9.75. The van der Waals surface area contributed by atoms with Gasteiger partial charge in [-0.15, -0.1) is 0 Å². The van der Waals surface area contributed by atoms with E-state index in [4.69, 9.17) is 14.3 Å². The number of aromatic nitrogens is 1. The molecule has 1 aromatic heterocycles. The van der Waals surface area contributed by atoms with Gasteiger partial charge in [-0.2, -0.15) is 13.2 Å². The minimum Gasteiger partial charge on any atom is -0.496 e. The lowest BCUT2D eigenvalue weighted by Gasteiger charge is -2.16. The highest BCUT2D eigenvalue weighted by atomic mass is 19.4. The fourth-order valence-corrected chi connectivity index (χ4v) is 3.67. The van der Waals surface area contributed by atoms with Crippen LogP contribution in [0.15, 0.2) is 59.0 Å². The van der Waals surface area contributed by atoms with Crippen LogP contribution in [0.25, 0.3) is 33.7 Å². The molecule has 0 aliphatic rings. The number of ether oxygens (including phenoxy) is 1. The molecule has 1 heterocycles. The SMILES string of the molecule is COc1ccc(F)cc1-c1ccc(-c2nc3ccc(CNCCC(=O)O)cc3o2)cc1C(F)(F)F. The average molecular weight is 488 g/mol. The van der Waals surface area contributed by atoms with Crippen molar-refractivity contribution in [1.29, 1.82) is 0 Å². The summed E-state index contributed by atoms with van der Waals surface area (Å²) < 4.78 is 66.7. The van der Waals surface area contributed by atoms with E-state index < -0.39 is 23.5 Å². The molecule has 35 heavy (non-hydrogen) atoms. The zero-order valence-electron chi connectivity index (χ0n) is 18.4. The van der Waals surface area contributed by atoms with E-state index in [1.54, 1.807) is 18.2 Å². The monoisotopic (exact) mass is 488 g/mol. The third kappa shape index (κ3) is 5.43. The molecule has 0 fully saturated rings. The molecule has 0 saturated heterocycles. The Balaban J connectivity index is 1.69. The number of nitrogens with zero attached hydrogens (tertiary/aromatic N) is 1. The maximum atomic E-state index is 14.0. The number of halogens is 4. The van der Waals surface area contributed by atoms with Gasteiger partial charge in [0.25, 0.3) is 0 Å². The summed E-state index contributed by atoms with van der Waals surface area (Å²) in [5, 5.41) is 11.7. The van der Waals surface area contributed by atoms with Crippen molar-refractivity contribution in [3.63, 3.8) is 0 Å². The molecular weight excluding hydrogens is 468 g/mol. The van der Waals surface area contributed by atoms with Gasteiger partial charge in [-0.05, 0) is 53.6 Å². The fraction of sp³-hybridized carbons (Fsp3) is 0.200. The van der Waals surface area contributed by atoms with Crippen molar-refractivity contribution < 1.29 is 36.6 Å². The van der Waals surface area contributed by atoms with Crippen molar-refractivity contribution >= 4 is 17.1 Å². The topological polar surface area (TPSA) is 84.6 Å². The highest BCUT2D eigenvalue weighted by molar-refractivity contribution is 5.80. The van der Waals surface area contributed by atoms with E-state index in [0.717, 1.165) is 23.8 Å². The van der Waals surface area contributed by atoms with Crippen molar-refractivity contribution in [2.45, 2.75) is 19.1 Å². The predicted molar refractivity (Wildman–Crippen MR) is 120 cm³/mol. The van der Waals surface area contributed by atoms with E-state index >= 15 is 0 Å². The molecule has 0 saturated carbocycles. The Hall–Kier alpha value is -3.92. The van der Waals surface area contributed by atoms with Crippen LogP contribution in [0, 0.1) is 5.82 Å². The summed E-state index contributed by atoms with van der Waals surface area (Å²) in [6, 6.07) is 12.1. The van der Waals surface area contributed by atoms with Crippen LogP contribution < -0.4 is 10.1 Å². The quantitative estimate of drug-likeness (QED) is 0.238. The lowest BCUT2D eigenvalue weighted by atomic mass is 9.96. The minimum atomic E-state index is -4.73. The standard InChI is InChI=1S/C25H20F4N2O4/c1-34-21-7-4-16(26)12-18(21)17-5-3-15(11-19(17)25(27,28)29)24-31-20-6-2-14(10-22(20)35-24)13-30-9-8-23(32)33/h2-7,10-12,30H,8-9,13H2,1H3,(H,32,33). The van der Waals surface area contributed by atoms with Crippen LogP contribution in [0.3, 0.4) is 0 Å². The van der Waals surface area contributed by atoms with Crippen LogP contribution in [0.2, 0.25) is 0 Å². The van der Waals surface area contributed by atoms with Gasteiger partial charge in [0.05, 0.1) is 19.1 Å². The Morgan fingerprint density at radius 3 is 2.60 bits per heavy atom. The first-order valence-electron chi connectivity index (χ1n) is 10.5. The van der Waals surface area contributed by atoms with Gasteiger partial charge in [-0.3, -0.25) is 4.79 Å². The largest absolute Gasteiger partial charge is 0.496 e. The molecule has 3 aromatic carbocycles. The third-order valence-electron chi connectivity index (χ3n) is 5.32. The fourth-order valence-electron chi connectivity index (χ4n) is 3.67. The van der Waals surface area contributed by atoms with E-state index in [1.165, 1.54) is 25.3 Å². The Kier molecular flexibility index (Phi) is 6.74. The number of carboxylic acids is 1. The summed E-state index contributed by atoms with van der Waals surface area (Å²) in [4.78, 5) is 14.9. The zero-order valence-corrected chi connectivity index (χ0v) is 18.4. The number of oxazole rings is 1. The molecule has 0 bridgehead atoms. The van der Waals surface area contributed by atoms with E-state index in [-0.39, 0.29) is 41.3 Å². The van der Waals surface area contributed by atoms with Gasteiger partial charge in [0.15, 0.2) is 5.58 Å². The summed E-state index contributed by atoms with van der Waals surface area (Å²) in [6.45, 7) is 0.680. The summed E-state index contributed by atoms with van der Waals surface area (Å²) in [7, 11) is 1.30. The van der Waals surface area contributed by atoms with Crippen LogP contribution in [0.5, 0.6) is 5.75 Å². The highest BCUT2D eigenvalue weighted by Gasteiger charge is 2.35. The van der Waals surface area contributed by atoms with Crippen LogP contribution in [-0.4, -0.2) is 29.7 Å². The third-order valence-corrected chi connectivity index (χ3v) is 5.32. The maximum absolute atomic E-state index is 14.0. The first-order valence-corrected chi connectivity index (χ1v) is 10.5. The first kappa shape index (κ1) is 24.2. The Morgan fingerprint density at radius 2 is 1.89 bits per heavy atom. The van der Waals surface area contributed by atoms with E-state index in [0.29, 0.717) is 17.6 Å². The number of carboxylic acid groups (broad SMARTS) is 1. The number of hydrogen-bond donors (Lipinski definition) is 2. The molecule has 182 valence electrons. The first-order chi connectivity index (χ1) is 16.7. The van der Waals surface area contributed by atoms with E-state index in [9.17, 15) is 22.4 Å². The van der Waals surface area contributed by atoms with Crippen molar-refractivity contribution in [1.82, 2.24) is 10.3 Å². The summed E-state index contributed by atoms with van der Waals surface area (Å²) in [5.41, 5.74) is 0.501. The number of nitrogens with one attached hydrogen (secondary N) is 1. The van der Waals surface area contributed by atoms with Crippen LogP contribution in [-0.2, 0) is 17.5 Å². The Labute approximate surface area is 197 Å². The average Bonchev–Trinajstić information content (AvgIpc) is 3.24. The maximum Gasteiger partial charge on any atom is 0.417 e. The summed E-state index contributed by atoms with van der Waals surface area (Å²) in [5.74, 6) is -1.49. The number of carbonyl (C=O) groups is 1. The second-order valence-corrected chi connectivity index (χ2v) is 7.74. The van der Waals surface area contributed by atoms with Crippen LogP contribution >= 0.6 is 0 Å². The molecule has 0 spiro atoms. The van der Waals surface area contributed by atoms with Gasteiger partial charge in [0.1, 0.15) is 17.1 Å². The molecular formula is C25H20F4N2O4. The molecule has 10 heteroatoms. The van der Waals surface area contributed by atoms with Crippen LogP contribution in [0.1, 0.15) is 17.5 Å². The number of aliphatic carboxylic acids is 1. The second-order valence-electron chi connectivity index (χ2n) is 7.74. The van der Waals surface area contributed by atoms with Gasteiger partial charge in [0.2, 0.25) is 5.89 Å². The van der Waals surface area contributed by atoms with Gasteiger partial charge in [0, 0.05) is 24.2 Å². The van der Waals surface area contributed by atoms with E-state index in [1.807, 2.05) is 0 Å². The highest BCUT2D eigenvalue weighted by Crippen LogP contribution is 2.42. The van der Waals surface area contributed by atoms with E-state index in [2.05, 4.69) is 10.3 Å². The number of hydrogen-bond acceptors (Lipinski definition) is 5. The van der Waals surface area contributed by atoms with Gasteiger partial charge in [-0.25, -0.2) is 9.37 Å². The lowest BCUT2D eigenvalue weighted by Crippen LogP contribution is -2.17. The summed E-state index contributed by atoms with van der Waals surface area (Å²) in [6.07, 6.45) is -4.75. The van der Waals surface area contributed by atoms with Crippen molar-refractivity contribution in [3.05, 3.63) is 71.5 Å². The molecule has 0 atom stereocenters. The number of alkyl halides is 3. The lowest BCUT2D eigenvalue weighted by molar-refractivity contribution is -0.137. The van der Waals surface area contributed by atoms with Gasteiger partial charge >= 0.3 is 12.1 Å². The molecule has 0 aliphatic carbocycles. The minimum absolute atomic E-state index is 0.000700. The molecule has 2 N–H and O–H groups in total. The van der Waals surface area contributed by atoms with Crippen LogP contribution in [0.4, 0.5) is 17.6 Å². The number of fused-ring (bicyclic) bond motifs is 1. The molecule has 0 amide bonds. The Morgan fingerprint density at radius 1 is 1.09 bits per heavy atom. The number of methoxy groups -OCH3 is 1. The smallest absolute Gasteiger partial charge is 0.417 e. The molecule has 0 unspecified atom stereocenters. The zero-order chi connectivity index (χ0) is 25.2. The normalized spacial score (nSPS) is 11.7. The van der Waals surface area contributed by atoms with Crippen molar-refractivity contribution in [2.75, 3.05) is 13.7 Å².